The molecule has 1 amide bonds. The molecule has 1 aliphatic heterocycles. The topological polar surface area (TPSA) is 132 Å². The van der Waals surface area contributed by atoms with Crippen LogP contribution in [0.15, 0.2) is 54.9 Å². The summed E-state index contributed by atoms with van der Waals surface area (Å²) in [6.07, 6.45) is 2.09. The Morgan fingerprint density at radius 3 is 2.67 bits per heavy atom. The molecule has 42 heavy (non-hydrogen) atoms. The average Bonchev–Trinajstić information content (AvgIpc) is 2.98. The number of nitrogens with one attached hydrogen (secondary N) is 2. The zero-order valence-electron chi connectivity index (χ0n) is 22.1. The molecule has 1 saturated heterocycles. The van der Waals surface area contributed by atoms with Gasteiger partial charge in [0, 0.05) is 48.9 Å². The second-order valence-electron chi connectivity index (χ2n) is 9.37. The smallest absolute Gasteiger partial charge is 0.270 e. The Balaban J connectivity index is 1.45. The highest BCUT2D eigenvalue weighted by atomic mass is 35.5. The summed E-state index contributed by atoms with van der Waals surface area (Å²) in [4.78, 5) is 34.9. The number of carbonyl (C=O) groups excluding carboxylic acids is 1. The summed E-state index contributed by atoms with van der Waals surface area (Å²) in [5, 5.41) is 17.7. The van der Waals surface area contributed by atoms with E-state index in [4.69, 9.17) is 32.7 Å². The fourth-order valence-electron chi connectivity index (χ4n) is 4.40. The Morgan fingerprint density at radius 2 is 1.90 bits per heavy atom. The van der Waals surface area contributed by atoms with Crippen LogP contribution in [-0.4, -0.2) is 65.2 Å². The Morgan fingerprint density at radius 1 is 1.10 bits per heavy atom. The monoisotopic (exact) mass is 614 g/mol. The zero-order chi connectivity index (χ0) is 29.6. The molecule has 0 atom stereocenters. The van der Waals surface area contributed by atoms with Crippen LogP contribution in [0.5, 0.6) is 5.75 Å². The lowest BCUT2D eigenvalue weighted by atomic mass is 10.1. The predicted molar refractivity (Wildman–Crippen MR) is 158 cm³/mol. The summed E-state index contributed by atoms with van der Waals surface area (Å²) in [5.74, 6) is -0.521. The number of benzene rings is 3. The molecule has 2 heterocycles. The van der Waals surface area contributed by atoms with E-state index in [1.165, 1.54) is 36.7 Å². The fraction of sp³-hybridized carbons (Fsp3) is 0.250. The molecule has 1 aromatic heterocycles. The molecular formula is C28H25Cl2FN6O5. The number of non-ortho nitro benzene ring substituents is 1. The number of carbonyl (C=O) groups is 1. The molecule has 5 rings (SSSR count). The number of nitrogens with zero attached hydrogens (tertiary/aromatic N) is 4. The van der Waals surface area contributed by atoms with E-state index in [-0.39, 0.29) is 27.0 Å². The molecule has 0 unspecified atom stereocenters. The van der Waals surface area contributed by atoms with Gasteiger partial charge in [0.1, 0.15) is 23.7 Å². The van der Waals surface area contributed by atoms with Gasteiger partial charge in [-0.3, -0.25) is 19.8 Å². The highest BCUT2D eigenvalue weighted by Crippen LogP contribution is 2.35. The lowest BCUT2D eigenvalue weighted by Crippen LogP contribution is -2.37. The average molecular weight is 615 g/mol. The van der Waals surface area contributed by atoms with Gasteiger partial charge in [0.05, 0.1) is 51.6 Å². The van der Waals surface area contributed by atoms with Crippen LogP contribution in [0.25, 0.3) is 10.9 Å². The number of hydrogen-bond donors (Lipinski definition) is 2. The van der Waals surface area contributed by atoms with Gasteiger partial charge in [0.15, 0.2) is 0 Å². The quantitative estimate of drug-likeness (QED) is 0.124. The van der Waals surface area contributed by atoms with Crippen LogP contribution >= 0.6 is 23.2 Å². The van der Waals surface area contributed by atoms with Gasteiger partial charge in [-0.05, 0) is 36.8 Å². The Hall–Kier alpha value is -4.10. The van der Waals surface area contributed by atoms with E-state index in [0.717, 1.165) is 32.1 Å². The van der Waals surface area contributed by atoms with Gasteiger partial charge in [0.25, 0.3) is 11.6 Å². The highest BCUT2D eigenvalue weighted by molar-refractivity contribution is 6.34. The van der Waals surface area contributed by atoms with Crippen molar-refractivity contribution in [3.05, 3.63) is 86.4 Å². The van der Waals surface area contributed by atoms with Crippen molar-refractivity contribution in [1.29, 1.82) is 0 Å². The van der Waals surface area contributed by atoms with Gasteiger partial charge in [-0.25, -0.2) is 14.4 Å². The second-order valence-corrected chi connectivity index (χ2v) is 10.2. The molecule has 0 spiro atoms. The van der Waals surface area contributed by atoms with E-state index in [1.807, 2.05) is 0 Å². The number of nitro benzene ring substituents is 1. The molecule has 2 N–H and O–H groups in total. The van der Waals surface area contributed by atoms with Gasteiger partial charge >= 0.3 is 0 Å². The Labute approximate surface area is 249 Å². The number of morpholine rings is 1. The first-order chi connectivity index (χ1) is 20.3. The number of hydrogen-bond acceptors (Lipinski definition) is 9. The van der Waals surface area contributed by atoms with Crippen molar-refractivity contribution in [3.8, 4) is 5.75 Å². The lowest BCUT2D eigenvalue weighted by Gasteiger charge is -2.26. The van der Waals surface area contributed by atoms with Crippen molar-refractivity contribution in [1.82, 2.24) is 14.9 Å². The molecule has 1 aliphatic rings. The molecule has 0 aliphatic carbocycles. The predicted octanol–water partition coefficient (Wildman–Crippen LogP) is 6.08. The van der Waals surface area contributed by atoms with Crippen LogP contribution in [0.1, 0.15) is 16.8 Å². The molecule has 1 fully saturated rings. The number of amides is 1. The summed E-state index contributed by atoms with van der Waals surface area (Å²) in [6, 6.07) is 11.1. The van der Waals surface area contributed by atoms with Crippen molar-refractivity contribution in [3.63, 3.8) is 0 Å². The molecular weight excluding hydrogens is 590 g/mol. The summed E-state index contributed by atoms with van der Waals surface area (Å²) in [6.45, 7) is 4.27. The molecule has 218 valence electrons. The molecule has 0 bridgehead atoms. The summed E-state index contributed by atoms with van der Waals surface area (Å²) >= 11 is 12.2. The SMILES string of the molecule is O=C(Nc1cc2c(Nc3ccc(F)c(Cl)c3)ncnc2cc1OCCCN1CCOCC1)c1cc([N+](=O)[O-])ccc1Cl. The lowest BCUT2D eigenvalue weighted by molar-refractivity contribution is -0.384. The van der Waals surface area contributed by atoms with Crippen molar-refractivity contribution < 1.29 is 23.6 Å². The largest absolute Gasteiger partial charge is 0.491 e. The molecule has 4 aromatic rings. The Bertz CT molecular complexity index is 1640. The minimum atomic E-state index is -0.669. The van der Waals surface area contributed by atoms with Crippen molar-refractivity contribution in [2.75, 3.05) is 50.1 Å². The zero-order valence-corrected chi connectivity index (χ0v) is 23.6. The number of fused-ring (bicyclic) bond motifs is 1. The van der Waals surface area contributed by atoms with E-state index in [9.17, 15) is 19.3 Å². The van der Waals surface area contributed by atoms with Crippen LogP contribution in [0.4, 0.5) is 27.3 Å². The number of ether oxygens (including phenoxy) is 2. The minimum absolute atomic E-state index is 0.0470. The van der Waals surface area contributed by atoms with E-state index in [1.54, 1.807) is 12.1 Å². The minimum Gasteiger partial charge on any atom is -0.491 e. The molecule has 3 aromatic carbocycles. The van der Waals surface area contributed by atoms with E-state index in [0.29, 0.717) is 48.0 Å². The van der Waals surface area contributed by atoms with Crippen LogP contribution < -0.4 is 15.4 Å². The number of nitro groups is 1. The highest BCUT2D eigenvalue weighted by Gasteiger charge is 2.19. The van der Waals surface area contributed by atoms with Crippen LogP contribution in [0.3, 0.4) is 0 Å². The standard InChI is InChI=1S/C28H25Cl2FN6O5/c29-21-4-3-18(37(39)40)13-19(21)28(38)35-25-14-20-24(15-26(25)42-9-1-6-36-7-10-41-11-8-36)32-16-33-27(20)34-17-2-5-23(31)22(30)12-17/h2-5,12-16H,1,6-11H2,(H,35,38)(H,32,33,34). The maximum atomic E-state index is 13.7. The number of halogens is 3. The third-order valence-corrected chi connectivity index (χ3v) is 7.17. The van der Waals surface area contributed by atoms with E-state index >= 15 is 0 Å². The third kappa shape index (κ3) is 7.02. The molecule has 0 saturated carbocycles. The van der Waals surface area contributed by atoms with Crippen molar-refractivity contribution >= 4 is 62.9 Å². The van der Waals surface area contributed by atoms with Gasteiger partial charge in [0.2, 0.25) is 0 Å². The van der Waals surface area contributed by atoms with Crippen molar-refractivity contribution in [2.45, 2.75) is 6.42 Å². The van der Waals surface area contributed by atoms with Gasteiger partial charge in [-0.2, -0.15) is 0 Å². The second kappa shape index (κ2) is 13.3. The van der Waals surface area contributed by atoms with Crippen LogP contribution in [0.2, 0.25) is 10.0 Å². The van der Waals surface area contributed by atoms with E-state index in [2.05, 4.69) is 25.5 Å². The van der Waals surface area contributed by atoms with Crippen LogP contribution in [0, 0.1) is 15.9 Å². The van der Waals surface area contributed by atoms with Gasteiger partial charge in [-0.1, -0.05) is 23.2 Å². The fourth-order valence-corrected chi connectivity index (χ4v) is 4.78. The first-order valence-electron chi connectivity index (χ1n) is 13.0. The molecule has 0 radical (unpaired) electrons. The third-order valence-electron chi connectivity index (χ3n) is 6.55. The van der Waals surface area contributed by atoms with Gasteiger partial charge in [-0.15, -0.1) is 0 Å². The first-order valence-corrected chi connectivity index (χ1v) is 13.7. The van der Waals surface area contributed by atoms with Crippen LogP contribution in [-0.2, 0) is 4.74 Å². The van der Waals surface area contributed by atoms with Crippen molar-refractivity contribution in [2.24, 2.45) is 0 Å². The molecule has 14 heteroatoms. The maximum absolute atomic E-state index is 13.7. The Kier molecular flexibility index (Phi) is 9.28. The summed E-state index contributed by atoms with van der Waals surface area (Å²) in [7, 11) is 0. The summed E-state index contributed by atoms with van der Waals surface area (Å²) < 4.78 is 25.2. The number of rotatable bonds is 10. The van der Waals surface area contributed by atoms with E-state index < -0.39 is 16.6 Å². The normalized spacial score (nSPS) is 13.6. The molecule has 11 nitrogen and oxygen atoms in total. The number of aromatic nitrogens is 2. The summed E-state index contributed by atoms with van der Waals surface area (Å²) in [5.41, 5.74) is 0.916. The maximum Gasteiger partial charge on any atom is 0.270 e. The first kappa shape index (κ1) is 29.4. The number of anilines is 3. The van der Waals surface area contributed by atoms with Gasteiger partial charge < -0.3 is 20.1 Å².